The molecule has 0 amide bonds. The van der Waals surface area contributed by atoms with E-state index < -0.39 is 0 Å². The topological polar surface area (TPSA) is 119 Å². The molecule has 0 spiro atoms. The number of piperazine rings is 1. The van der Waals surface area contributed by atoms with Gasteiger partial charge in [-0.25, -0.2) is 9.97 Å². The van der Waals surface area contributed by atoms with Crippen LogP contribution in [-0.4, -0.2) is 83.3 Å². The van der Waals surface area contributed by atoms with Crippen molar-refractivity contribution in [2.75, 3.05) is 45.2 Å². The molecular formula is C30H31N9O. The number of methoxy groups -OCH3 is 1. The summed E-state index contributed by atoms with van der Waals surface area (Å²) in [6, 6.07) is 13.6. The highest BCUT2D eigenvalue weighted by molar-refractivity contribution is 5.93. The van der Waals surface area contributed by atoms with Gasteiger partial charge in [0.1, 0.15) is 11.9 Å². The number of likely N-dealkylation sites (N-methyl/N-ethyl adjacent to an activating group) is 1. The van der Waals surface area contributed by atoms with Gasteiger partial charge in [-0.3, -0.25) is 4.90 Å². The van der Waals surface area contributed by atoms with E-state index in [0.29, 0.717) is 36.8 Å². The number of aromatic nitrogens is 2. The number of nitriles is 2. The van der Waals surface area contributed by atoms with E-state index in [0.717, 1.165) is 48.5 Å². The van der Waals surface area contributed by atoms with Gasteiger partial charge in [-0.2, -0.15) is 10.5 Å². The summed E-state index contributed by atoms with van der Waals surface area (Å²) in [5.74, 6) is 1.62. The molecule has 0 aromatic carbocycles. The SMILES string of the molecule is COc1ccc(CN2C3CC2CN(c2ccc(C4=CC(N5CC(C#N)C5)=CN(C)/C4=C(/C#N)C=N)cn2)C3)cn1. The second-order valence-corrected chi connectivity index (χ2v) is 10.7. The van der Waals surface area contributed by atoms with Crippen molar-refractivity contribution in [3.05, 3.63) is 77.0 Å². The number of anilines is 1. The second kappa shape index (κ2) is 10.5. The summed E-state index contributed by atoms with van der Waals surface area (Å²) in [4.78, 5) is 18.2. The number of rotatable bonds is 7. The van der Waals surface area contributed by atoms with Gasteiger partial charge in [0.05, 0.1) is 36.1 Å². The molecule has 2 aromatic heterocycles. The highest BCUT2D eigenvalue weighted by Crippen LogP contribution is 2.38. The lowest BCUT2D eigenvalue weighted by atomic mass is 9.87. The van der Waals surface area contributed by atoms with Crippen LogP contribution >= 0.6 is 0 Å². The van der Waals surface area contributed by atoms with E-state index in [4.69, 9.17) is 15.1 Å². The third-order valence-electron chi connectivity index (χ3n) is 8.27. The summed E-state index contributed by atoms with van der Waals surface area (Å²) in [7, 11) is 3.52. The van der Waals surface area contributed by atoms with E-state index in [-0.39, 0.29) is 11.5 Å². The Balaban J connectivity index is 1.18. The van der Waals surface area contributed by atoms with Crippen LogP contribution in [0.25, 0.3) is 5.57 Å². The van der Waals surface area contributed by atoms with Gasteiger partial charge in [0.15, 0.2) is 0 Å². The fraction of sp³-hybridized carbons (Fsp3) is 0.367. The maximum atomic E-state index is 9.73. The lowest BCUT2D eigenvalue weighted by molar-refractivity contribution is -0.00877. The standard InChI is InChI=1S/C30H31N9O/c1-36-17-24(37-14-21(9-31)15-37)8-27(30(36)23(10-32)11-33)22-4-5-28(34-13-22)38-18-25-7-26(19-38)39(25)16-20-3-6-29(40-2)35-12-20/h3-6,8,10,12-13,17,21,25-26,32H,7,14-16,18-19H2,1-2H3/b30-23+,32-10?. The van der Waals surface area contributed by atoms with Crippen LogP contribution < -0.4 is 9.64 Å². The van der Waals surface area contributed by atoms with Gasteiger partial charge in [0.25, 0.3) is 0 Å². The average molecular weight is 534 g/mol. The first-order valence-electron chi connectivity index (χ1n) is 13.4. The van der Waals surface area contributed by atoms with Gasteiger partial charge in [-0.1, -0.05) is 6.07 Å². The first kappa shape index (κ1) is 25.6. The fourth-order valence-corrected chi connectivity index (χ4v) is 6.06. The van der Waals surface area contributed by atoms with Crippen LogP contribution in [0.3, 0.4) is 0 Å². The van der Waals surface area contributed by atoms with E-state index >= 15 is 0 Å². The third-order valence-corrected chi connectivity index (χ3v) is 8.27. The molecule has 2 unspecified atom stereocenters. The highest BCUT2D eigenvalue weighted by atomic mass is 16.5. The fourth-order valence-electron chi connectivity index (χ4n) is 6.06. The molecule has 5 aliphatic heterocycles. The Morgan fingerprint density at radius 1 is 1.07 bits per heavy atom. The Kier molecular flexibility index (Phi) is 6.71. The molecule has 0 saturated carbocycles. The van der Waals surface area contributed by atoms with Gasteiger partial charge in [0, 0.05) is 93.9 Å². The summed E-state index contributed by atoms with van der Waals surface area (Å²) in [5.41, 5.74) is 4.88. The van der Waals surface area contributed by atoms with Crippen molar-refractivity contribution >= 4 is 17.6 Å². The maximum Gasteiger partial charge on any atom is 0.212 e. The molecule has 4 saturated heterocycles. The first-order chi connectivity index (χ1) is 19.5. The van der Waals surface area contributed by atoms with Crippen LogP contribution in [0.2, 0.25) is 0 Å². The molecule has 0 aliphatic carbocycles. The van der Waals surface area contributed by atoms with Crippen LogP contribution in [0.4, 0.5) is 5.82 Å². The molecule has 10 heteroatoms. The molecule has 2 bridgehead atoms. The lowest BCUT2D eigenvalue weighted by Crippen LogP contribution is -2.68. The molecule has 7 rings (SSSR count). The van der Waals surface area contributed by atoms with Crippen molar-refractivity contribution in [3.63, 3.8) is 0 Å². The molecule has 0 radical (unpaired) electrons. The Hall–Kier alpha value is -4.67. The zero-order chi connectivity index (χ0) is 27.8. The number of nitrogens with one attached hydrogen (secondary N) is 1. The molecule has 202 valence electrons. The van der Waals surface area contributed by atoms with Crippen molar-refractivity contribution in [2.45, 2.75) is 25.0 Å². The van der Waals surface area contributed by atoms with Crippen molar-refractivity contribution in [2.24, 2.45) is 5.92 Å². The summed E-state index contributed by atoms with van der Waals surface area (Å²) < 4.78 is 5.18. The minimum Gasteiger partial charge on any atom is -0.481 e. The van der Waals surface area contributed by atoms with E-state index in [1.165, 1.54) is 12.0 Å². The van der Waals surface area contributed by atoms with Crippen LogP contribution in [0.5, 0.6) is 5.88 Å². The smallest absolute Gasteiger partial charge is 0.212 e. The Labute approximate surface area is 234 Å². The molecule has 10 nitrogen and oxygen atoms in total. The number of allylic oxidation sites excluding steroid dienone is 3. The van der Waals surface area contributed by atoms with E-state index in [9.17, 15) is 10.5 Å². The molecule has 1 N–H and O–H groups in total. The summed E-state index contributed by atoms with van der Waals surface area (Å²) in [5, 5.41) is 26.7. The minimum absolute atomic E-state index is 0.0387. The number of hydrogen-bond acceptors (Lipinski definition) is 10. The van der Waals surface area contributed by atoms with Crippen LogP contribution in [-0.2, 0) is 6.54 Å². The normalized spacial score (nSPS) is 23.6. The molecule has 40 heavy (non-hydrogen) atoms. The average Bonchev–Trinajstić information content (AvgIpc) is 2.97. The van der Waals surface area contributed by atoms with Crippen molar-refractivity contribution in [1.82, 2.24) is 24.7 Å². The summed E-state index contributed by atoms with van der Waals surface area (Å²) in [6.07, 6.45) is 10.1. The molecular weight excluding hydrogens is 502 g/mol. The first-order valence-corrected chi connectivity index (χ1v) is 13.4. The molecule has 4 fully saturated rings. The quantitative estimate of drug-likeness (QED) is 0.423. The van der Waals surface area contributed by atoms with Gasteiger partial charge in [0.2, 0.25) is 5.88 Å². The van der Waals surface area contributed by atoms with Crippen molar-refractivity contribution in [3.8, 4) is 18.0 Å². The number of nitrogens with zero attached hydrogens (tertiary/aromatic N) is 8. The van der Waals surface area contributed by atoms with Crippen LogP contribution in [0.1, 0.15) is 17.5 Å². The van der Waals surface area contributed by atoms with Gasteiger partial charge in [-0.15, -0.1) is 0 Å². The maximum absolute atomic E-state index is 9.73. The Bertz CT molecular complexity index is 1460. The van der Waals surface area contributed by atoms with Crippen molar-refractivity contribution in [1.29, 1.82) is 15.9 Å². The van der Waals surface area contributed by atoms with Gasteiger partial charge < -0.3 is 24.8 Å². The van der Waals surface area contributed by atoms with Gasteiger partial charge in [-0.05, 0) is 30.2 Å². The van der Waals surface area contributed by atoms with Crippen molar-refractivity contribution < 1.29 is 4.74 Å². The zero-order valence-electron chi connectivity index (χ0n) is 22.7. The summed E-state index contributed by atoms with van der Waals surface area (Å²) >= 11 is 0. The third kappa shape index (κ3) is 4.57. The predicted molar refractivity (Wildman–Crippen MR) is 151 cm³/mol. The second-order valence-electron chi connectivity index (χ2n) is 10.7. The van der Waals surface area contributed by atoms with Gasteiger partial charge >= 0.3 is 0 Å². The van der Waals surface area contributed by atoms with Crippen LogP contribution in [0, 0.1) is 34.0 Å². The number of piperidine rings is 1. The monoisotopic (exact) mass is 533 g/mol. The lowest BCUT2D eigenvalue weighted by Gasteiger charge is -2.56. The minimum atomic E-state index is 0.0387. The largest absolute Gasteiger partial charge is 0.481 e. The van der Waals surface area contributed by atoms with E-state index in [1.807, 2.05) is 42.7 Å². The Morgan fingerprint density at radius 2 is 1.88 bits per heavy atom. The zero-order valence-corrected chi connectivity index (χ0v) is 22.7. The number of hydrogen-bond donors (Lipinski definition) is 1. The predicted octanol–water partition coefficient (Wildman–Crippen LogP) is 3.00. The highest BCUT2D eigenvalue weighted by Gasteiger charge is 2.44. The number of fused-ring (bicyclic) bond motifs is 2. The molecule has 2 aromatic rings. The molecule has 7 heterocycles. The number of pyridine rings is 2. The van der Waals surface area contributed by atoms with E-state index in [1.54, 1.807) is 7.11 Å². The number of ether oxygens (including phenoxy) is 1. The molecule has 2 atom stereocenters. The summed E-state index contributed by atoms with van der Waals surface area (Å²) in [6.45, 7) is 4.12. The number of likely N-dealkylation sites (tertiary alicyclic amines) is 1. The van der Waals surface area contributed by atoms with Crippen LogP contribution in [0.15, 0.2) is 65.9 Å². The van der Waals surface area contributed by atoms with E-state index in [2.05, 4.69) is 50.0 Å². The Morgan fingerprint density at radius 3 is 2.48 bits per heavy atom. The molecule has 5 aliphatic rings.